The Morgan fingerprint density at radius 2 is 2.10 bits per heavy atom. The monoisotopic (exact) mass is 415 g/mol. The fraction of sp³-hybridized carbons (Fsp3) is 0.280. The molecule has 1 aliphatic rings. The minimum atomic E-state index is -0.157. The number of nitrogens with zero attached hydrogens (tertiary/aromatic N) is 2. The maximum atomic E-state index is 13.3. The second-order valence-corrected chi connectivity index (χ2v) is 7.55. The summed E-state index contributed by atoms with van der Waals surface area (Å²) in [6.07, 6.45) is 2.36. The van der Waals surface area contributed by atoms with Gasteiger partial charge in [-0.2, -0.15) is 0 Å². The zero-order valence-corrected chi connectivity index (χ0v) is 17.9. The first-order valence-electron chi connectivity index (χ1n) is 10.2. The van der Waals surface area contributed by atoms with Crippen molar-refractivity contribution in [3.8, 4) is 17.6 Å². The highest BCUT2D eigenvalue weighted by molar-refractivity contribution is 6.08. The van der Waals surface area contributed by atoms with Crippen molar-refractivity contribution >= 4 is 22.5 Å². The van der Waals surface area contributed by atoms with Crippen molar-refractivity contribution in [1.82, 2.24) is 10.3 Å². The Hall–Kier alpha value is -3.56. The van der Waals surface area contributed by atoms with Crippen LogP contribution in [0.2, 0.25) is 0 Å². The number of anilines is 1. The average molecular weight is 415 g/mol. The van der Waals surface area contributed by atoms with Gasteiger partial charge < -0.3 is 19.7 Å². The molecule has 0 fully saturated rings. The number of fused-ring (bicyclic) bond motifs is 2. The SMILES string of the molecule is COCC#Cc1cccc2c(N(C)C)c(C(=O)N[C@H]3CCOc4ccccc43)cnc12. The lowest BCUT2D eigenvalue weighted by Crippen LogP contribution is -2.33. The van der Waals surface area contributed by atoms with Crippen LogP contribution in [0.15, 0.2) is 48.7 Å². The van der Waals surface area contributed by atoms with E-state index < -0.39 is 0 Å². The Labute approximate surface area is 182 Å². The van der Waals surface area contributed by atoms with E-state index >= 15 is 0 Å². The molecule has 2 aromatic carbocycles. The summed E-state index contributed by atoms with van der Waals surface area (Å²) in [5.41, 5.74) is 3.92. The summed E-state index contributed by atoms with van der Waals surface area (Å²) >= 11 is 0. The second kappa shape index (κ2) is 9.07. The molecule has 31 heavy (non-hydrogen) atoms. The molecule has 1 amide bonds. The van der Waals surface area contributed by atoms with E-state index in [1.807, 2.05) is 61.5 Å². The van der Waals surface area contributed by atoms with Gasteiger partial charge in [0, 0.05) is 44.8 Å². The third-order valence-electron chi connectivity index (χ3n) is 5.26. The number of para-hydroxylation sites is 2. The van der Waals surface area contributed by atoms with Crippen LogP contribution < -0.4 is 15.0 Å². The number of methoxy groups -OCH3 is 1. The van der Waals surface area contributed by atoms with Crippen molar-refractivity contribution in [3.05, 3.63) is 65.4 Å². The number of carbonyl (C=O) groups excluding carboxylic acids is 1. The molecule has 0 radical (unpaired) electrons. The number of nitrogens with one attached hydrogen (secondary N) is 1. The molecule has 0 saturated heterocycles. The number of rotatable bonds is 4. The van der Waals surface area contributed by atoms with Crippen molar-refractivity contribution in [2.45, 2.75) is 12.5 Å². The van der Waals surface area contributed by atoms with Crippen LogP contribution in [-0.2, 0) is 4.74 Å². The smallest absolute Gasteiger partial charge is 0.255 e. The van der Waals surface area contributed by atoms with Crippen LogP contribution >= 0.6 is 0 Å². The number of pyridine rings is 1. The number of benzene rings is 2. The average Bonchev–Trinajstić information content (AvgIpc) is 2.78. The summed E-state index contributed by atoms with van der Waals surface area (Å²) in [6, 6.07) is 13.6. The van der Waals surface area contributed by atoms with Gasteiger partial charge >= 0.3 is 0 Å². The summed E-state index contributed by atoms with van der Waals surface area (Å²) in [4.78, 5) is 19.9. The summed E-state index contributed by atoms with van der Waals surface area (Å²) in [6.45, 7) is 0.923. The van der Waals surface area contributed by atoms with Gasteiger partial charge in [-0.05, 0) is 12.1 Å². The number of carbonyl (C=O) groups is 1. The second-order valence-electron chi connectivity index (χ2n) is 7.55. The van der Waals surface area contributed by atoms with Gasteiger partial charge in [-0.1, -0.05) is 42.2 Å². The van der Waals surface area contributed by atoms with Gasteiger partial charge in [-0.25, -0.2) is 0 Å². The molecule has 158 valence electrons. The normalized spacial score (nSPS) is 14.7. The van der Waals surface area contributed by atoms with Gasteiger partial charge in [-0.15, -0.1) is 0 Å². The van der Waals surface area contributed by atoms with Crippen LogP contribution in [0.3, 0.4) is 0 Å². The van der Waals surface area contributed by atoms with Crippen molar-refractivity contribution in [1.29, 1.82) is 0 Å². The molecule has 0 unspecified atom stereocenters. The number of hydrogen-bond acceptors (Lipinski definition) is 5. The first kappa shape index (κ1) is 20.7. The predicted octanol–water partition coefficient (Wildman–Crippen LogP) is 3.55. The summed E-state index contributed by atoms with van der Waals surface area (Å²) in [7, 11) is 5.47. The van der Waals surface area contributed by atoms with E-state index in [1.165, 1.54) is 0 Å². The number of aromatic nitrogens is 1. The van der Waals surface area contributed by atoms with Crippen LogP contribution in [0.5, 0.6) is 5.75 Å². The molecule has 6 heteroatoms. The lowest BCUT2D eigenvalue weighted by molar-refractivity contribution is 0.0925. The fourth-order valence-electron chi connectivity index (χ4n) is 3.89. The molecule has 1 aliphatic heterocycles. The van der Waals surface area contributed by atoms with Gasteiger partial charge in [0.2, 0.25) is 0 Å². The number of amides is 1. The zero-order chi connectivity index (χ0) is 21.8. The Kier molecular flexibility index (Phi) is 6.06. The van der Waals surface area contributed by atoms with Crippen LogP contribution in [0, 0.1) is 11.8 Å². The van der Waals surface area contributed by atoms with Gasteiger partial charge in [0.1, 0.15) is 12.4 Å². The minimum Gasteiger partial charge on any atom is -0.493 e. The Morgan fingerprint density at radius 1 is 1.26 bits per heavy atom. The third-order valence-corrected chi connectivity index (χ3v) is 5.26. The van der Waals surface area contributed by atoms with Crippen molar-refractivity contribution in [2.24, 2.45) is 0 Å². The van der Waals surface area contributed by atoms with Crippen molar-refractivity contribution < 1.29 is 14.3 Å². The van der Waals surface area contributed by atoms with Gasteiger partial charge in [0.25, 0.3) is 5.91 Å². The van der Waals surface area contributed by atoms with Crippen LogP contribution in [0.4, 0.5) is 5.69 Å². The third kappa shape index (κ3) is 4.18. The highest BCUT2D eigenvalue weighted by Gasteiger charge is 2.25. The van der Waals surface area contributed by atoms with Gasteiger partial charge in [0.05, 0.1) is 35.0 Å². The lowest BCUT2D eigenvalue weighted by Gasteiger charge is -2.27. The fourth-order valence-corrected chi connectivity index (χ4v) is 3.89. The topological polar surface area (TPSA) is 63.7 Å². The maximum absolute atomic E-state index is 13.3. The van der Waals surface area contributed by atoms with Crippen LogP contribution in [-0.4, -0.2) is 45.3 Å². The van der Waals surface area contributed by atoms with Crippen molar-refractivity contribution in [3.63, 3.8) is 0 Å². The summed E-state index contributed by atoms with van der Waals surface area (Å²) < 4.78 is 10.7. The van der Waals surface area contributed by atoms with E-state index in [9.17, 15) is 4.79 Å². The molecule has 6 nitrogen and oxygen atoms in total. The van der Waals surface area contributed by atoms with Gasteiger partial charge in [0.15, 0.2) is 0 Å². The predicted molar refractivity (Wildman–Crippen MR) is 122 cm³/mol. The molecular formula is C25H25N3O3. The molecule has 3 aromatic rings. The number of hydrogen-bond donors (Lipinski definition) is 1. The zero-order valence-electron chi connectivity index (χ0n) is 17.9. The van der Waals surface area contributed by atoms with E-state index in [0.717, 1.165) is 39.9 Å². The van der Waals surface area contributed by atoms with Crippen molar-refractivity contribution in [2.75, 3.05) is 39.3 Å². The number of ether oxygens (including phenoxy) is 2. The maximum Gasteiger partial charge on any atom is 0.255 e. The van der Waals surface area contributed by atoms with E-state index in [-0.39, 0.29) is 11.9 Å². The molecule has 2 heterocycles. The van der Waals surface area contributed by atoms with Crippen LogP contribution in [0.1, 0.15) is 33.9 Å². The molecule has 1 aromatic heterocycles. The van der Waals surface area contributed by atoms with E-state index in [2.05, 4.69) is 22.1 Å². The molecule has 1 atom stereocenters. The Bertz CT molecular complexity index is 1180. The lowest BCUT2D eigenvalue weighted by atomic mass is 9.99. The quantitative estimate of drug-likeness (QED) is 0.661. The van der Waals surface area contributed by atoms with Crippen LogP contribution in [0.25, 0.3) is 10.9 Å². The molecule has 0 bridgehead atoms. The van der Waals surface area contributed by atoms with E-state index in [1.54, 1.807) is 13.3 Å². The molecule has 0 aliphatic carbocycles. The Morgan fingerprint density at radius 3 is 2.90 bits per heavy atom. The molecule has 0 spiro atoms. The van der Waals surface area contributed by atoms with E-state index in [0.29, 0.717) is 18.8 Å². The highest BCUT2D eigenvalue weighted by Crippen LogP contribution is 2.33. The van der Waals surface area contributed by atoms with E-state index in [4.69, 9.17) is 9.47 Å². The van der Waals surface area contributed by atoms with Gasteiger partial charge in [-0.3, -0.25) is 9.78 Å². The molecule has 1 N–H and O–H groups in total. The first-order chi connectivity index (χ1) is 15.1. The first-order valence-corrected chi connectivity index (χ1v) is 10.2. The summed E-state index contributed by atoms with van der Waals surface area (Å²) in [5.74, 6) is 6.75. The largest absolute Gasteiger partial charge is 0.493 e. The molecular weight excluding hydrogens is 390 g/mol. The highest BCUT2D eigenvalue weighted by atomic mass is 16.5. The molecule has 4 rings (SSSR count). The Balaban J connectivity index is 1.72. The minimum absolute atomic E-state index is 0.102. The molecule has 0 saturated carbocycles. The summed E-state index contributed by atoms with van der Waals surface area (Å²) in [5, 5.41) is 4.06. The standard InChI is InChI=1S/C25H25N3O3/c1-28(2)24-19-11-6-8-17(9-7-14-30-3)23(19)26-16-20(24)25(29)27-21-13-15-31-22-12-5-4-10-18(21)22/h4-6,8,10-12,16,21H,13-15H2,1-3H3,(H,27,29)/t21-/m0/s1.